The number of carbonyl (C=O) groups excluding carboxylic acids is 2. The highest BCUT2D eigenvalue weighted by Gasteiger charge is 2.09. The van der Waals surface area contributed by atoms with Crippen LogP contribution >= 0.6 is 0 Å². The topological polar surface area (TPSA) is 55.4 Å². The summed E-state index contributed by atoms with van der Waals surface area (Å²) in [5, 5.41) is 1.81. The van der Waals surface area contributed by atoms with Crippen LogP contribution in [0.4, 0.5) is 4.79 Å². The molecule has 1 atom stereocenters. The number of carbonyl (C=O) groups is 1. The zero-order valence-electron chi connectivity index (χ0n) is 8.84. The van der Waals surface area contributed by atoms with Crippen LogP contribution in [0.3, 0.4) is 0 Å². The van der Waals surface area contributed by atoms with Crippen LogP contribution < -0.4 is 5.32 Å². The van der Waals surface area contributed by atoms with Gasteiger partial charge in [0.25, 0.3) is 0 Å². The lowest BCUT2D eigenvalue weighted by Crippen LogP contribution is -2.24. The molecule has 2 amide bonds. The quantitative estimate of drug-likeness (QED) is 0.639. The average Bonchev–Trinajstić information content (AvgIpc) is 2.19. The fraction of sp³-hybridized carbons (Fsp3) is 0.800. The minimum absolute atomic E-state index is 0.379. The molecule has 0 aromatic rings. The molecule has 0 saturated heterocycles. The molecule has 81 valence electrons. The van der Waals surface area contributed by atoms with Crippen molar-refractivity contribution in [3.8, 4) is 0 Å². The number of hydrogen-bond donors (Lipinski definition) is 1. The molecule has 1 radical (unpaired) electrons. The number of imide groups is 1. The lowest BCUT2D eigenvalue weighted by molar-refractivity contribution is 0.127. The predicted molar refractivity (Wildman–Crippen MR) is 53.5 cm³/mol. The molecule has 0 fully saturated rings. The summed E-state index contributed by atoms with van der Waals surface area (Å²) in [6.07, 6.45) is 4.90. The molecule has 0 rings (SSSR count). The van der Waals surface area contributed by atoms with Gasteiger partial charge in [0.1, 0.15) is 0 Å². The smallest absolute Gasteiger partial charge is 0.414 e. The molecule has 1 N–H and O–H groups in total. The van der Waals surface area contributed by atoms with E-state index in [1.807, 2.05) is 5.32 Å². The SMILES string of the molecule is CCCCC(CC)COC(=O)N[C]=O. The van der Waals surface area contributed by atoms with Gasteiger partial charge in [-0.25, -0.2) is 4.79 Å². The first kappa shape index (κ1) is 12.9. The molecule has 0 aromatic heterocycles. The number of hydrogen-bond acceptors (Lipinski definition) is 3. The second-order valence-electron chi connectivity index (χ2n) is 3.24. The normalized spacial score (nSPS) is 11.9. The number of alkyl carbamates (subject to hydrolysis) is 1. The van der Waals surface area contributed by atoms with Crippen LogP contribution in [-0.2, 0) is 9.53 Å². The third kappa shape index (κ3) is 6.46. The van der Waals surface area contributed by atoms with E-state index in [1.165, 1.54) is 6.41 Å². The number of ether oxygens (including phenoxy) is 1. The lowest BCUT2D eigenvalue weighted by atomic mass is 10.0. The Bertz CT molecular complexity index is 171. The molecule has 4 nitrogen and oxygen atoms in total. The van der Waals surface area contributed by atoms with E-state index in [2.05, 4.69) is 13.8 Å². The standard InChI is InChI=1S/C10H18NO3/c1-3-5-6-9(4-2)7-14-10(13)11-8-12/h9H,3-7H2,1-2H3,(H,11,12,13). The van der Waals surface area contributed by atoms with E-state index in [0.29, 0.717) is 12.5 Å². The third-order valence-electron chi connectivity index (χ3n) is 2.15. The summed E-state index contributed by atoms with van der Waals surface area (Å²) in [7, 11) is 0. The van der Waals surface area contributed by atoms with E-state index in [1.54, 1.807) is 0 Å². The molecule has 0 bridgehead atoms. The number of unbranched alkanes of at least 4 members (excludes halogenated alkanes) is 1. The van der Waals surface area contributed by atoms with Gasteiger partial charge in [-0.1, -0.05) is 33.1 Å². The van der Waals surface area contributed by atoms with E-state index in [9.17, 15) is 9.59 Å². The molecular weight excluding hydrogens is 182 g/mol. The van der Waals surface area contributed by atoms with E-state index >= 15 is 0 Å². The predicted octanol–water partition coefficient (Wildman–Crippen LogP) is 2.00. The van der Waals surface area contributed by atoms with Gasteiger partial charge in [-0.05, 0) is 12.3 Å². The summed E-state index contributed by atoms with van der Waals surface area (Å²) in [4.78, 5) is 20.5. The minimum Gasteiger partial charge on any atom is -0.449 e. The molecular formula is C10H18NO3. The number of amides is 2. The Balaban J connectivity index is 3.60. The van der Waals surface area contributed by atoms with Crippen molar-refractivity contribution in [3.05, 3.63) is 0 Å². The molecule has 4 heteroatoms. The maximum atomic E-state index is 10.7. The first-order valence-electron chi connectivity index (χ1n) is 5.04. The Kier molecular flexibility index (Phi) is 7.89. The maximum Gasteiger partial charge on any atom is 0.414 e. The van der Waals surface area contributed by atoms with Crippen LogP contribution in [0.2, 0.25) is 0 Å². The van der Waals surface area contributed by atoms with Gasteiger partial charge in [-0.3, -0.25) is 10.1 Å². The van der Waals surface area contributed by atoms with Crippen molar-refractivity contribution in [2.75, 3.05) is 6.61 Å². The van der Waals surface area contributed by atoms with Gasteiger partial charge >= 0.3 is 12.5 Å². The van der Waals surface area contributed by atoms with E-state index in [0.717, 1.165) is 25.7 Å². The van der Waals surface area contributed by atoms with Crippen molar-refractivity contribution in [3.63, 3.8) is 0 Å². The zero-order valence-corrected chi connectivity index (χ0v) is 8.84. The maximum absolute atomic E-state index is 10.7. The summed E-state index contributed by atoms with van der Waals surface area (Å²) >= 11 is 0. The van der Waals surface area contributed by atoms with E-state index in [4.69, 9.17) is 4.74 Å². The molecule has 0 aliphatic carbocycles. The van der Waals surface area contributed by atoms with Crippen LogP contribution in [0.1, 0.15) is 39.5 Å². The molecule has 14 heavy (non-hydrogen) atoms. The molecule has 0 aliphatic heterocycles. The fourth-order valence-corrected chi connectivity index (χ4v) is 1.17. The van der Waals surface area contributed by atoms with Gasteiger partial charge in [-0.15, -0.1) is 0 Å². The summed E-state index contributed by atoms with van der Waals surface area (Å²) < 4.78 is 4.82. The van der Waals surface area contributed by atoms with Crippen molar-refractivity contribution in [2.45, 2.75) is 39.5 Å². The lowest BCUT2D eigenvalue weighted by Gasteiger charge is -2.13. The second kappa shape index (κ2) is 8.53. The van der Waals surface area contributed by atoms with Crippen LogP contribution in [-0.4, -0.2) is 19.1 Å². The van der Waals surface area contributed by atoms with Crippen molar-refractivity contribution in [1.29, 1.82) is 0 Å². The first-order chi connectivity index (χ1) is 6.74. The molecule has 1 unspecified atom stereocenters. The summed E-state index contributed by atoms with van der Waals surface area (Å²) in [6, 6.07) is 0. The van der Waals surface area contributed by atoms with Gasteiger partial charge in [0.15, 0.2) is 0 Å². The van der Waals surface area contributed by atoms with E-state index in [-0.39, 0.29) is 0 Å². The van der Waals surface area contributed by atoms with Gasteiger partial charge in [0, 0.05) is 0 Å². The van der Waals surface area contributed by atoms with Crippen LogP contribution in [0, 0.1) is 5.92 Å². The highest BCUT2D eigenvalue weighted by molar-refractivity contribution is 5.79. The number of rotatable bonds is 7. The Morgan fingerprint density at radius 3 is 2.71 bits per heavy atom. The van der Waals surface area contributed by atoms with Crippen molar-refractivity contribution in [1.82, 2.24) is 5.32 Å². The Morgan fingerprint density at radius 1 is 1.50 bits per heavy atom. The second-order valence-corrected chi connectivity index (χ2v) is 3.24. The Labute approximate surface area is 85.0 Å². The molecule has 0 spiro atoms. The highest BCUT2D eigenvalue weighted by Crippen LogP contribution is 2.12. The van der Waals surface area contributed by atoms with Gasteiger partial charge in [-0.2, -0.15) is 0 Å². The summed E-state index contributed by atoms with van der Waals surface area (Å²) in [5.74, 6) is 0.396. The molecule has 0 heterocycles. The van der Waals surface area contributed by atoms with Gasteiger partial charge in [0.2, 0.25) is 0 Å². The first-order valence-corrected chi connectivity index (χ1v) is 5.04. The Morgan fingerprint density at radius 2 is 2.21 bits per heavy atom. The van der Waals surface area contributed by atoms with E-state index < -0.39 is 6.09 Å². The van der Waals surface area contributed by atoms with Crippen LogP contribution in [0.5, 0.6) is 0 Å². The van der Waals surface area contributed by atoms with Gasteiger partial charge in [0.05, 0.1) is 6.61 Å². The van der Waals surface area contributed by atoms with Gasteiger partial charge < -0.3 is 4.74 Å². The highest BCUT2D eigenvalue weighted by atomic mass is 16.5. The monoisotopic (exact) mass is 200 g/mol. The van der Waals surface area contributed by atoms with Crippen molar-refractivity contribution >= 4 is 12.5 Å². The number of nitrogens with one attached hydrogen (secondary N) is 1. The fourth-order valence-electron chi connectivity index (χ4n) is 1.17. The molecule has 0 aromatic carbocycles. The zero-order chi connectivity index (χ0) is 10.8. The largest absolute Gasteiger partial charge is 0.449 e. The molecule has 0 aliphatic rings. The summed E-state index contributed by atoms with van der Waals surface area (Å²) in [6.45, 7) is 4.57. The Hall–Kier alpha value is -1.06. The van der Waals surface area contributed by atoms with Crippen LogP contribution in [0.15, 0.2) is 0 Å². The average molecular weight is 200 g/mol. The summed E-state index contributed by atoms with van der Waals surface area (Å²) in [5.41, 5.74) is 0. The minimum atomic E-state index is -0.713. The van der Waals surface area contributed by atoms with Crippen molar-refractivity contribution in [2.24, 2.45) is 5.92 Å². The third-order valence-corrected chi connectivity index (χ3v) is 2.15. The van der Waals surface area contributed by atoms with Crippen molar-refractivity contribution < 1.29 is 14.3 Å². The molecule has 0 saturated carbocycles. The van der Waals surface area contributed by atoms with Crippen LogP contribution in [0.25, 0.3) is 0 Å².